The van der Waals surface area contributed by atoms with Crippen LogP contribution in [0.15, 0.2) is 0 Å². The number of hydrogen-bond acceptors (Lipinski definition) is 2. The molecule has 0 aromatic rings. The van der Waals surface area contributed by atoms with Crippen molar-refractivity contribution in [1.29, 1.82) is 0 Å². The Kier molecular flexibility index (Phi) is 2.12. The number of likely N-dealkylation sites (tertiary alicyclic amines) is 1. The average molecular weight is 210 g/mol. The molecule has 1 spiro atoms. The van der Waals surface area contributed by atoms with Gasteiger partial charge < -0.3 is 15.0 Å². The first-order valence-electron chi connectivity index (χ1n) is 5.92. The number of hydrogen-bond donors (Lipinski definition) is 1. The molecule has 3 aliphatic rings. The summed E-state index contributed by atoms with van der Waals surface area (Å²) in [6.07, 6.45) is 5.21. The van der Waals surface area contributed by atoms with Crippen LogP contribution in [-0.4, -0.2) is 43.3 Å². The van der Waals surface area contributed by atoms with Gasteiger partial charge in [-0.05, 0) is 31.1 Å². The number of carbonyl (C=O) groups is 1. The zero-order chi connectivity index (χ0) is 10.3. The van der Waals surface area contributed by atoms with Crippen molar-refractivity contribution < 1.29 is 9.53 Å². The third kappa shape index (κ3) is 1.83. The van der Waals surface area contributed by atoms with E-state index in [9.17, 15) is 4.79 Å². The lowest BCUT2D eigenvalue weighted by atomic mass is 10.1. The highest BCUT2D eigenvalue weighted by molar-refractivity contribution is 5.74. The Hall–Kier alpha value is -0.770. The van der Waals surface area contributed by atoms with Crippen LogP contribution in [0, 0.1) is 5.41 Å². The maximum Gasteiger partial charge on any atom is 0.317 e. The number of nitrogens with zero attached hydrogens (tertiary/aromatic N) is 1. The Morgan fingerprint density at radius 1 is 1.47 bits per heavy atom. The number of nitrogens with one attached hydrogen (secondary N) is 1. The maximum absolute atomic E-state index is 11.8. The molecule has 0 bridgehead atoms. The van der Waals surface area contributed by atoms with Gasteiger partial charge in [0.05, 0.1) is 6.10 Å². The van der Waals surface area contributed by atoms with Gasteiger partial charge in [-0.2, -0.15) is 0 Å². The molecule has 2 heterocycles. The van der Waals surface area contributed by atoms with Crippen LogP contribution in [0.5, 0.6) is 0 Å². The van der Waals surface area contributed by atoms with Crippen LogP contribution in [0.3, 0.4) is 0 Å². The minimum absolute atomic E-state index is 0.106. The van der Waals surface area contributed by atoms with E-state index >= 15 is 0 Å². The summed E-state index contributed by atoms with van der Waals surface area (Å²) >= 11 is 0. The largest absolute Gasteiger partial charge is 0.376 e. The molecule has 3 fully saturated rings. The third-order valence-corrected chi connectivity index (χ3v) is 3.96. The van der Waals surface area contributed by atoms with Gasteiger partial charge in [-0.15, -0.1) is 0 Å². The van der Waals surface area contributed by atoms with E-state index in [-0.39, 0.29) is 12.1 Å². The van der Waals surface area contributed by atoms with Crippen molar-refractivity contribution in [3.8, 4) is 0 Å². The summed E-state index contributed by atoms with van der Waals surface area (Å²) in [7, 11) is 0. The van der Waals surface area contributed by atoms with Gasteiger partial charge in [-0.25, -0.2) is 4.79 Å². The van der Waals surface area contributed by atoms with Crippen LogP contribution >= 0.6 is 0 Å². The fourth-order valence-electron chi connectivity index (χ4n) is 2.45. The lowest BCUT2D eigenvalue weighted by molar-refractivity contribution is -0.0471. The average Bonchev–Trinajstić information content (AvgIpc) is 2.73. The number of amides is 2. The summed E-state index contributed by atoms with van der Waals surface area (Å²) in [5.74, 6) is 0. The highest BCUT2D eigenvalue weighted by Gasteiger charge is 2.48. The second-order valence-electron chi connectivity index (χ2n) is 5.14. The molecule has 4 nitrogen and oxygen atoms in total. The summed E-state index contributed by atoms with van der Waals surface area (Å²) in [5.41, 5.74) is 0.532. The summed E-state index contributed by atoms with van der Waals surface area (Å²) < 4.78 is 5.26. The van der Waals surface area contributed by atoms with Gasteiger partial charge in [0.1, 0.15) is 0 Å². The molecule has 2 saturated heterocycles. The zero-order valence-electron chi connectivity index (χ0n) is 9.00. The van der Waals surface area contributed by atoms with Gasteiger partial charge in [0, 0.05) is 26.2 Å². The molecule has 15 heavy (non-hydrogen) atoms. The molecular formula is C11H18N2O2. The summed E-state index contributed by atoms with van der Waals surface area (Å²) in [6.45, 7) is 3.46. The fraction of sp³-hybridized carbons (Fsp3) is 0.909. The van der Waals surface area contributed by atoms with E-state index in [0.29, 0.717) is 12.0 Å². The van der Waals surface area contributed by atoms with E-state index in [1.54, 1.807) is 0 Å². The molecule has 0 radical (unpaired) electrons. The van der Waals surface area contributed by atoms with E-state index in [0.717, 1.165) is 26.1 Å². The first-order valence-corrected chi connectivity index (χ1v) is 5.92. The van der Waals surface area contributed by atoms with Gasteiger partial charge >= 0.3 is 6.03 Å². The molecule has 2 amide bonds. The van der Waals surface area contributed by atoms with E-state index < -0.39 is 0 Å². The Labute approximate surface area is 90.0 Å². The molecule has 1 aliphatic carbocycles. The van der Waals surface area contributed by atoms with Crippen LogP contribution < -0.4 is 5.32 Å². The minimum atomic E-state index is 0.106. The minimum Gasteiger partial charge on any atom is -0.376 e. The Morgan fingerprint density at radius 2 is 2.27 bits per heavy atom. The molecule has 0 aromatic carbocycles. The van der Waals surface area contributed by atoms with Gasteiger partial charge in [0.25, 0.3) is 0 Å². The first-order chi connectivity index (χ1) is 7.27. The number of ether oxygens (including phenoxy) is 1. The molecule has 1 saturated carbocycles. The van der Waals surface area contributed by atoms with Crippen molar-refractivity contribution in [3.05, 3.63) is 0 Å². The molecular weight excluding hydrogens is 192 g/mol. The monoisotopic (exact) mass is 210 g/mol. The topological polar surface area (TPSA) is 41.6 Å². The van der Waals surface area contributed by atoms with Gasteiger partial charge in [-0.1, -0.05) is 0 Å². The SMILES string of the molecule is O=C(NC[C@@H]1CCO1)N1CCC2(CC2)C1. The molecule has 0 unspecified atom stereocenters. The molecule has 3 rings (SSSR count). The number of urea groups is 1. The molecule has 0 aromatic heterocycles. The maximum atomic E-state index is 11.8. The second-order valence-corrected chi connectivity index (χ2v) is 5.14. The Morgan fingerprint density at radius 3 is 2.80 bits per heavy atom. The molecule has 84 valence electrons. The molecule has 2 aliphatic heterocycles. The Bertz CT molecular complexity index is 272. The first kappa shape index (κ1) is 9.46. The standard InChI is InChI=1S/C11H18N2O2/c14-10(12-7-9-1-6-15-9)13-5-4-11(8-13)2-3-11/h9H,1-8H2,(H,12,14)/t9-/m0/s1. The van der Waals surface area contributed by atoms with Crippen molar-refractivity contribution in [1.82, 2.24) is 10.2 Å². The van der Waals surface area contributed by atoms with Crippen LogP contribution in [0.2, 0.25) is 0 Å². The lowest BCUT2D eigenvalue weighted by Gasteiger charge is -2.27. The van der Waals surface area contributed by atoms with Crippen molar-refractivity contribution in [2.24, 2.45) is 5.41 Å². The predicted molar refractivity (Wildman–Crippen MR) is 55.6 cm³/mol. The van der Waals surface area contributed by atoms with Gasteiger partial charge in [0.2, 0.25) is 0 Å². The smallest absolute Gasteiger partial charge is 0.317 e. The normalized spacial score (nSPS) is 31.5. The van der Waals surface area contributed by atoms with Crippen molar-refractivity contribution >= 4 is 6.03 Å². The van der Waals surface area contributed by atoms with Crippen LogP contribution in [-0.2, 0) is 4.74 Å². The van der Waals surface area contributed by atoms with Crippen molar-refractivity contribution in [2.75, 3.05) is 26.2 Å². The van der Waals surface area contributed by atoms with Crippen LogP contribution in [0.4, 0.5) is 4.79 Å². The molecule has 1 N–H and O–H groups in total. The molecule has 4 heteroatoms. The van der Waals surface area contributed by atoms with Crippen molar-refractivity contribution in [3.63, 3.8) is 0 Å². The highest BCUT2D eigenvalue weighted by atomic mass is 16.5. The fourth-order valence-corrected chi connectivity index (χ4v) is 2.45. The summed E-state index contributed by atoms with van der Waals surface area (Å²) in [6, 6.07) is 0.106. The van der Waals surface area contributed by atoms with Gasteiger partial charge in [-0.3, -0.25) is 0 Å². The summed E-state index contributed by atoms with van der Waals surface area (Å²) in [4.78, 5) is 13.7. The third-order valence-electron chi connectivity index (χ3n) is 3.96. The Balaban J connectivity index is 1.43. The number of carbonyl (C=O) groups excluding carboxylic acids is 1. The second kappa shape index (κ2) is 3.37. The predicted octanol–water partition coefficient (Wildman–Crippen LogP) is 0.971. The van der Waals surface area contributed by atoms with Crippen molar-refractivity contribution in [2.45, 2.75) is 31.8 Å². The highest BCUT2D eigenvalue weighted by Crippen LogP contribution is 2.52. The zero-order valence-corrected chi connectivity index (χ0v) is 9.00. The number of rotatable bonds is 2. The quantitative estimate of drug-likeness (QED) is 0.738. The van der Waals surface area contributed by atoms with E-state index in [1.807, 2.05) is 4.90 Å². The van der Waals surface area contributed by atoms with E-state index in [2.05, 4.69) is 5.32 Å². The van der Waals surface area contributed by atoms with Crippen LogP contribution in [0.1, 0.15) is 25.7 Å². The lowest BCUT2D eigenvalue weighted by Crippen LogP contribution is -2.45. The van der Waals surface area contributed by atoms with Crippen LogP contribution in [0.25, 0.3) is 0 Å². The van der Waals surface area contributed by atoms with E-state index in [4.69, 9.17) is 4.74 Å². The molecule has 1 atom stereocenters. The summed E-state index contributed by atoms with van der Waals surface area (Å²) in [5, 5.41) is 2.95. The van der Waals surface area contributed by atoms with Gasteiger partial charge in [0.15, 0.2) is 0 Å². The van der Waals surface area contributed by atoms with E-state index in [1.165, 1.54) is 19.3 Å².